The molecule has 66 valence electrons. The second-order valence-corrected chi connectivity index (χ2v) is 2.80. The van der Waals surface area contributed by atoms with Crippen LogP contribution in [0.25, 0.3) is 0 Å². The molecule has 0 saturated heterocycles. The number of benzene rings is 1. The molecule has 1 rings (SSSR count). The normalized spacial score (nSPS) is 11.7. The molecular weight excluding hydrogens is 166 g/mol. The second-order valence-electron chi connectivity index (χ2n) is 2.80. The Morgan fingerprint density at radius 3 is 2.85 bits per heavy atom. The second kappa shape index (κ2) is 3.72. The van der Waals surface area contributed by atoms with E-state index in [-0.39, 0.29) is 0 Å². The number of nitrogens with zero attached hydrogens (tertiary/aromatic N) is 1. The lowest BCUT2D eigenvalue weighted by molar-refractivity contribution is -0.138. The van der Waals surface area contributed by atoms with Crippen LogP contribution in [0, 0.1) is 11.3 Å². The molecule has 0 unspecified atom stereocenters. The molecule has 3 heteroatoms. The minimum atomic E-state index is -0.880. The van der Waals surface area contributed by atoms with E-state index >= 15 is 0 Å². The molecule has 0 amide bonds. The minimum Gasteiger partial charge on any atom is -0.481 e. The summed E-state index contributed by atoms with van der Waals surface area (Å²) in [7, 11) is 0. The van der Waals surface area contributed by atoms with Crippen molar-refractivity contribution in [2.24, 2.45) is 0 Å². The lowest BCUT2D eigenvalue weighted by atomic mass is 10.00. The Kier molecular flexibility index (Phi) is 2.65. The Hall–Kier alpha value is -1.82. The first-order valence-electron chi connectivity index (χ1n) is 3.88. The van der Waals surface area contributed by atoms with Crippen LogP contribution in [-0.4, -0.2) is 11.1 Å². The highest BCUT2D eigenvalue weighted by Crippen LogP contribution is 2.16. The maximum atomic E-state index is 10.6. The number of carbonyl (C=O) groups is 1. The predicted octanol–water partition coefficient (Wildman–Crippen LogP) is 1.75. The van der Waals surface area contributed by atoms with Crippen molar-refractivity contribution in [3.05, 3.63) is 35.4 Å². The molecule has 0 aliphatic rings. The molecule has 0 bridgehead atoms. The quantitative estimate of drug-likeness (QED) is 0.744. The van der Waals surface area contributed by atoms with Gasteiger partial charge in [0.05, 0.1) is 17.6 Å². The lowest BCUT2D eigenvalue weighted by Gasteiger charge is -2.05. The van der Waals surface area contributed by atoms with Crippen molar-refractivity contribution in [1.82, 2.24) is 0 Å². The van der Waals surface area contributed by atoms with Gasteiger partial charge in [0.2, 0.25) is 0 Å². The standard InChI is InChI=1S/C10H9NO2/c1-7(10(12)13)9-4-2-3-8(5-9)6-11/h2-5,7H,1H3,(H,12,13)/t7-/m1/s1. The van der Waals surface area contributed by atoms with E-state index in [1.807, 2.05) is 6.07 Å². The van der Waals surface area contributed by atoms with Gasteiger partial charge >= 0.3 is 5.97 Å². The molecule has 0 spiro atoms. The van der Waals surface area contributed by atoms with Crippen LogP contribution in [0.3, 0.4) is 0 Å². The molecule has 0 radical (unpaired) electrons. The van der Waals surface area contributed by atoms with Crippen molar-refractivity contribution in [3.63, 3.8) is 0 Å². The third-order valence-electron chi connectivity index (χ3n) is 1.89. The van der Waals surface area contributed by atoms with Gasteiger partial charge in [0, 0.05) is 0 Å². The van der Waals surface area contributed by atoms with Gasteiger partial charge in [0.25, 0.3) is 0 Å². The van der Waals surface area contributed by atoms with E-state index in [0.717, 1.165) is 0 Å². The summed E-state index contributed by atoms with van der Waals surface area (Å²) in [4.78, 5) is 10.6. The van der Waals surface area contributed by atoms with Crippen molar-refractivity contribution in [1.29, 1.82) is 5.26 Å². The molecule has 1 aromatic rings. The molecule has 13 heavy (non-hydrogen) atoms. The van der Waals surface area contributed by atoms with Crippen molar-refractivity contribution in [2.75, 3.05) is 0 Å². The average molecular weight is 175 g/mol. The number of rotatable bonds is 2. The molecule has 1 atom stereocenters. The number of hydrogen-bond donors (Lipinski definition) is 1. The van der Waals surface area contributed by atoms with Crippen LogP contribution in [0.15, 0.2) is 24.3 Å². The molecule has 0 saturated carbocycles. The monoisotopic (exact) mass is 175 g/mol. The summed E-state index contributed by atoms with van der Waals surface area (Å²) in [6.45, 7) is 1.60. The molecular formula is C10H9NO2. The molecule has 0 heterocycles. The topological polar surface area (TPSA) is 61.1 Å². The summed E-state index contributed by atoms with van der Waals surface area (Å²) in [5.74, 6) is -1.44. The highest BCUT2D eigenvalue weighted by molar-refractivity contribution is 5.75. The van der Waals surface area contributed by atoms with Gasteiger partial charge in [-0.25, -0.2) is 0 Å². The van der Waals surface area contributed by atoms with Crippen LogP contribution in [-0.2, 0) is 4.79 Å². The Morgan fingerprint density at radius 1 is 1.62 bits per heavy atom. The van der Waals surface area contributed by atoms with E-state index in [1.165, 1.54) is 0 Å². The number of carboxylic acids is 1. The van der Waals surface area contributed by atoms with Gasteiger partial charge in [-0.15, -0.1) is 0 Å². The Morgan fingerprint density at radius 2 is 2.31 bits per heavy atom. The minimum absolute atomic E-state index is 0.491. The van der Waals surface area contributed by atoms with E-state index in [1.54, 1.807) is 31.2 Å². The van der Waals surface area contributed by atoms with Gasteiger partial charge in [-0.3, -0.25) is 4.79 Å². The summed E-state index contributed by atoms with van der Waals surface area (Å²) >= 11 is 0. The zero-order valence-electron chi connectivity index (χ0n) is 7.19. The first-order valence-corrected chi connectivity index (χ1v) is 3.88. The number of hydrogen-bond acceptors (Lipinski definition) is 2. The van der Waals surface area contributed by atoms with Gasteiger partial charge in [-0.05, 0) is 24.6 Å². The van der Waals surface area contributed by atoms with Crippen molar-refractivity contribution >= 4 is 5.97 Å². The summed E-state index contributed by atoms with van der Waals surface area (Å²) < 4.78 is 0. The Labute approximate surface area is 76.2 Å². The molecule has 3 nitrogen and oxygen atoms in total. The largest absolute Gasteiger partial charge is 0.481 e. The number of carboxylic acid groups (broad SMARTS) is 1. The van der Waals surface area contributed by atoms with Crippen LogP contribution in [0.4, 0.5) is 0 Å². The Balaban J connectivity index is 3.03. The van der Waals surface area contributed by atoms with E-state index in [2.05, 4.69) is 0 Å². The fraction of sp³-hybridized carbons (Fsp3) is 0.200. The van der Waals surface area contributed by atoms with Gasteiger partial charge < -0.3 is 5.11 Å². The average Bonchev–Trinajstić information content (AvgIpc) is 2.16. The maximum Gasteiger partial charge on any atom is 0.310 e. The van der Waals surface area contributed by atoms with Gasteiger partial charge in [-0.2, -0.15) is 5.26 Å². The van der Waals surface area contributed by atoms with E-state index in [0.29, 0.717) is 11.1 Å². The first-order chi connectivity index (χ1) is 6.15. The van der Waals surface area contributed by atoms with Gasteiger partial charge in [0.15, 0.2) is 0 Å². The van der Waals surface area contributed by atoms with Crippen LogP contribution in [0.5, 0.6) is 0 Å². The van der Waals surface area contributed by atoms with Crippen LogP contribution in [0.1, 0.15) is 24.0 Å². The summed E-state index contributed by atoms with van der Waals surface area (Å²) in [6, 6.07) is 8.61. The zero-order valence-corrected chi connectivity index (χ0v) is 7.19. The van der Waals surface area contributed by atoms with E-state index in [4.69, 9.17) is 10.4 Å². The smallest absolute Gasteiger partial charge is 0.310 e. The molecule has 1 N–H and O–H groups in total. The van der Waals surface area contributed by atoms with Crippen LogP contribution < -0.4 is 0 Å². The third kappa shape index (κ3) is 2.06. The highest BCUT2D eigenvalue weighted by atomic mass is 16.4. The summed E-state index contributed by atoms with van der Waals surface area (Å²) in [6.07, 6.45) is 0. The SMILES string of the molecule is C[C@@H](C(=O)O)c1cccc(C#N)c1. The molecule has 0 aromatic heterocycles. The first kappa shape index (κ1) is 9.27. The van der Waals surface area contributed by atoms with Gasteiger partial charge in [0.1, 0.15) is 0 Å². The predicted molar refractivity (Wildman–Crippen MR) is 47.2 cm³/mol. The van der Waals surface area contributed by atoms with E-state index < -0.39 is 11.9 Å². The molecule has 0 aliphatic heterocycles. The van der Waals surface area contributed by atoms with Crippen LogP contribution >= 0.6 is 0 Å². The third-order valence-corrected chi connectivity index (χ3v) is 1.89. The number of aliphatic carboxylic acids is 1. The zero-order chi connectivity index (χ0) is 9.84. The highest BCUT2D eigenvalue weighted by Gasteiger charge is 2.13. The maximum absolute atomic E-state index is 10.6. The van der Waals surface area contributed by atoms with E-state index in [9.17, 15) is 4.79 Å². The molecule has 0 aliphatic carbocycles. The fourth-order valence-corrected chi connectivity index (χ4v) is 1.02. The lowest BCUT2D eigenvalue weighted by Crippen LogP contribution is -2.07. The summed E-state index contributed by atoms with van der Waals surface area (Å²) in [5, 5.41) is 17.3. The Bertz CT molecular complexity index is 365. The van der Waals surface area contributed by atoms with Gasteiger partial charge in [-0.1, -0.05) is 12.1 Å². The molecule has 0 fully saturated rings. The van der Waals surface area contributed by atoms with Crippen molar-refractivity contribution in [3.8, 4) is 6.07 Å². The van der Waals surface area contributed by atoms with Crippen molar-refractivity contribution < 1.29 is 9.90 Å². The van der Waals surface area contributed by atoms with Crippen molar-refractivity contribution in [2.45, 2.75) is 12.8 Å². The van der Waals surface area contributed by atoms with Crippen LogP contribution in [0.2, 0.25) is 0 Å². The summed E-state index contributed by atoms with van der Waals surface area (Å²) in [5.41, 5.74) is 1.15. The molecule has 1 aromatic carbocycles. The number of nitriles is 1. The fourth-order valence-electron chi connectivity index (χ4n) is 1.02.